The predicted molar refractivity (Wildman–Crippen MR) is 143 cm³/mol. The third kappa shape index (κ3) is 5.50. The van der Waals surface area contributed by atoms with E-state index in [0.717, 1.165) is 24.1 Å². The van der Waals surface area contributed by atoms with Gasteiger partial charge in [-0.3, -0.25) is 14.4 Å². The minimum Gasteiger partial charge on any atom is -0.492 e. The van der Waals surface area contributed by atoms with E-state index in [4.69, 9.17) is 4.74 Å². The Morgan fingerprint density at radius 1 is 1.05 bits per heavy atom. The average Bonchev–Trinajstić information content (AvgIpc) is 3.42. The molecule has 2 aromatic carbocycles. The summed E-state index contributed by atoms with van der Waals surface area (Å²) in [5.74, 6) is -0.642. The smallest absolute Gasteiger partial charge is 0.312 e. The van der Waals surface area contributed by atoms with Crippen LogP contribution in [0.15, 0.2) is 48.5 Å². The van der Waals surface area contributed by atoms with Gasteiger partial charge in [-0.1, -0.05) is 31.0 Å². The number of para-hydroxylation sites is 1. The van der Waals surface area contributed by atoms with Crippen LogP contribution in [-0.4, -0.2) is 53.0 Å². The van der Waals surface area contributed by atoms with Gasteiger partial charge in [0.1, 0.15) is 12.4 Å². The third-order valence-corrected chi connectivity index (χ3v) is 7.78. The molecule has 1 fully saturated rings. The number of likely N-dealkylation sites (N-methyl/N-ethyl adjacent to an activating group) is 1. The molecule has 1 aliphatic heterocycles. The Morgan fingerprint density at radius 3 is 2.32 bits per heavy atom. The number of rotatable bonds is 8. The van der Waals surface area contributed by atoms with Crippen LogP contribution in [-0.2, 0) is 9.59 Å². The maximum Gasteiger partial charge on any atom is 0.312 e. The van der Waals surface area contributed by atoms with E-state index in [1.165, 1.54) is 12.8 Å². The monoisotopic (exact) mass is 506 g/mol. The molecule has 37 heavy (non-hydrogen) atoms. The van der Waals surface area contributed by atoms with Gasteiger partial charge in [-0.05, 0) is 82.9 Å². The zero-order chi connectivity index (χ0) is 26.7. The molecule has 0 saturated heterocycles. The van der Waals surface area contributed by atoms with Gasteiger partial charge >= 0.3 is 5.97 Å². The van der Waals surface area contributed by atoms with Crippen LogP contribution in [0.3, 0.4) is 0 Å². The number of amides is 2. The van der Waals surface area contributed by atoms with Gasteiger partial charge in [-0.15, -0.1) is 0 Å². The lowest BCUT2D eigenvalue weighted by molar-refractivity contribution is -0.148. The summed E-state index contributed by atoms with van der Waals surface area (Å²) in [7, 11) is 0. The normalized spacial score (nSPS) is 19.8. The van der Waals surface area contributed by atoms with Gasteiger partial charge in [0.25, 0.3) is 5.91 Å². The molecule has 1 heterocycles. The van der Waals surface area contributed by atoms with Crippen molar-refractivity contribution in [2.45, 2.75) is 77.8 Å². The summed E-state index contributed by atoms with van der Waals surface area (Å²) in [5.41, 5.74) is 1.19. The van der Waals surface area contributed by atoms with Gasteiger partial charge in [-0.2, -0.15) is 0 Å². The number of carboxylic acids is 1. The number of anilines is 1. The number of aliphatic carboxylic acids is 1. The first kappa shape index (κ1) is 26.7. The molecule has 0 unspecified atom stereocenters. The maximum atomic E-state index is 13.8. The van der Waals surface area contributed by atoms with Gasteiger partial charge in [0.05, 0.1) is 11.3 Å². The molecule has 1 saturated carbocycles. The van der Waals surface area contributed by atoms with Crippen LogP contribution < -0.4 is 9.64 Å². The van der Waals surface area contributed by atoms with E-state index in [1.807, 2.05) is 31.2 Å². The second-order valence-corrected chi connectivity index (χ2v) is 10.9. The molecular weight excluding hydrogens is 468 g/mol. The largest absolute Gasteiger partial charge is 0.492 e. The Balaban J connectivity index is 1.54. The van der Waals surface area contributed by atoms with Crippen molar-refractivity contribution in [2.24, 2.45) is 5.41 Å². The molecule has 7 nitrogen and oxygen atoms in total. The van der Waals surface area contributed by atoms with Gasteiger partial charge in [-0.25, -0.2) is 0 Å². The molecule has 0 spiro atoms. The van der Waals surface area contributed by atoms with Crippen LogP contribution in [0.2, 0.25) is 0 Å². The zero-order valence-electron chi connectivity index (χ0n) is 22.3. The van der Waals surface area contributed by atoms with E-state index in [-0.39, 0.29) is 30.4 Å². The number of carbonyl (C=O) groups is 3. The number of benzene rings is 2. The summed E-state index contributed by atoms with van der Waals surface area (Å²) in [6.07, 6.45) is 5.07. The van der Waals surface area contributed by atoms with Crippen LogP contribution in [0.25, 0.3) is 0 Å². The fraction of sp³-hybridized carbons (Fsp3) is 0.500. The summed E-state index contributed by atoms with van der Waals surface area (Å²) in [6.45, 7) is 8.00. The Labute approximate surface area is 219 Å². The molecule has 2 amide bonds. The lowest BCUT2D eigenvalue weighted by Crippen LogP contribution is -2.48. The highest BCUT2D eigenvalue weighted by molar-refractivity contribution is 6.08. The summed E-state index contributed by atoms with van der Waals surface area (Å²) in [5, 5.41) is 9.28. The van der Waals surface area contributed by atoms with Crippen molar-refractivity contribution in [1.29, 1.82) is 0 Å². The maximum absolute atomic E-state index is 13.8. The molecule has 4 rings (SSSR count). The molecule has 1 N–H and O–H groups in total. The molecule has 2 aliphatic rings. The predicted octanol–water partition coefficient (Wildman–Crippen LogP) is 5.49. The Kier molecular flexibility index (Phi) is 7.90. The Morgan fingerprint density at radius 2 is 1.70 bits per heavy atom. The summed E-state index contributed by atoms with van der Waals surface area (Å²) < 4.78 is 5.66. The van der Waals surface area contributed by atoms with E-state index in [0.29, 0.717) is 30.3 Å². The van der Waals surface area contributed by atoms with Crippen LogP contribution in [0.4, 0.5) is 5.69 Å². The van der Waals surface area contributed by atoms with Gasteiger partial charge in [0.2, 0.25) is 5.91 Å². The van der Waals surface area contributed by atoms with Crippen molar-refractivity contribution in [3.63, 3.8) is 0 Å². The standard InChI is InChI=1S/C30H38N2O5/c1-5-31(22-10-6-7-11-22)28(34)25-18-20(2)32(26-13-9-8-12-24(25)26)27(33)21-14-16-23(17-15-21)37-19-30(3,4)29(35)36/h8-9,12-17,20,22,25H,5-7,10-11,18-19H2,1-4H3,(H,35,36)/t20-,25-/m0/s1. The molecule has 1 aliphatic carbocycles. The number of ether oxygens (including phenoxy) is 1. The van der Waals surface area contributed by atoms with Crippen molar-refractivity contribution in [3.05, 3.63) is 59.7 Å². The van der Waals surface area contributed by atoms with Crippen molar-refractivity contribution < 1.29 is 24.2 Å². The van der Waals surface area contributed by atoms with Gasteiger partial charge in [0.15, 0.2) is 0 Å². The number of fused-ring (bicyclic) bond motifs is 1. The highest BCUT2D eigenvalue weighted by Crippen LogP contribution is 2.41. The topological polar surface area (TPSA) is 87.2 Å². The number of carboxylic acid groups (broad SMARTS) is 1. The second kappa shape index (κ2) is 11.0. The van der Waals surface area contributed by atoms with Crippen molar-refractivity contribution >= 4 is 23.5 Å². The highest BCUT2D eigenvalue weighted by atomic mass is 16.5. The van der Waals surface area contributed by atoms with Crippen LogP contribution in [0.5, 0.6) is 5.75 Å². The van der Waals surface area contributed by atoms with E-state index in [2.05, 4.69) is 11.8 Å². The summed E-state index contributed by atoms with van der Waals surface area (Å²) in [4.78, 5) is 42.6. The highest BCUT2D eigenvalue weighted by Gasteiger charge is 2.40. The second-order valence-electron chi connectivity index (χ2n) is 10.9. The van der Waals surface area contributed by atoms with Crippen molar-refractivity contribution in [3.8, 4) is 5.75 Å². The first-order valence-corrected chi connectivity index (χ1v) is 13.3. The van der Waals surface area contributed by atoms with Crippen molar-refractivity contribution in [1.82, 2.24) is 4.90 Å². The van der Waals surface area contributed by atoms with Gasteiger partial charge in [0, 0.05) is 29.9 Å². The summed E-state index contributed by atoms with van der Waals surface area (Å²) in [6, 6.07) is 14.7. The quantitative estimate of drug-likeness (QED) is 0.512. The molecule has 0 aromatic heterocycles. The number of nitrogens with zero attached hydrogens (tertiary/aromatic N) is 2. The van der Waals surface area contributed by atoms with E-state index in [1.54, 1.807) is 43.0 Å². The molecular formula is C30H38N2O5. The zero-order valence-corrected chi connectivity index (χ0v) is 22.3. The van der Waals surface area contributed by atoms with Crippen molar-refractivity contribution in [2.75, 3.05) is 18.1 Å². The fourth-order valence-corrected chi connectivity index (χ4v) is 5.52. The number of hydrogen-bond donors (Lipinski definition) is 1. The number of carbonyl (C=O) groups excluding carboxylic acids is 2. The summed E-state index contributed by atoms with van der Waals surface area (Å²) >= 11 is 0. The van der Waals surface area contributed by atoms with E-state index < -0.39 is 11.4 Å². The molecule has 0 bridgehead atoms. The first-order valence-electron chi connectivity index (χ1n) is 13.3. The van der Waals surface area contributed by atoms with Crippen LogP contribution in [0.1, 0.15) is 81.6 Å². The lowest BCUT2D eigenvalue weighted by atomic mass is 9.84. The molecule has 0 radical (unpaired) electrons. The molecule has 198 valence electrons. The molecule has 2 atom stereocenters. The molecule has 7 heteroatoms. The lowest BCUT2D eigenvalue weighted by Gasteiger charge is -2.41. The molecule has 2 aromatic rings. The Hall–Kier alpha value is -3.35. The van der Waals surface area contributed by atoms with Gasteiger partial charge < -0.3 is 19.6 Å². The van der Waals surface area contributed by atoms with Crippen LogP contribution >= 0.6 is 0 Å². The van der Waals surface area contributed by atoms with E-state index in [9.17, 15) is 19.5 Å². The SMILES string of the molecule is CCN(C(=O)[C@H]1C[C@H](C)N(C(=O)c2ccc(OCC(C)(C)C(=O)O)cc2)c2ccccc21)C1CCCC1. The Bertz CT molecular complexity index is 1140. The third-order valence-electron chi connectivity index (χ3n) is 7.78. The first-order chi connectivity index (χ1) is 17.6. The van der Waals surface area contributed by atoms with E-state index >= 15 is 0 Å². The number of hydrogen-bond acceptors (Lipinski definition) is 4. The van der Waals surface area contributed by atoms with Crippen LogP contribution in [0, 0.1) is 5.41 Å². The minimum absolute atomic E-state index is 0.0250. The average molecular weight is 507 g/mol. The minimum atomic E-state index is -1.01. The fourth-order valence-electron chi connectivity index (χ4n) is 5.52.